The maximum Gasteiger partial charge on any atom is 0.172 e. The lowest BCUT2D eigenvalue weighted by Crippen LogP contribution is -2.21. The first-order valence-electron chi connectivity index (χ1n) is 9.83. The number of fused-ring (bicyclic) bond motifs is 2. The minimum Gasteiger partial charge on any atom is -0.480 e. The van der Waals surface area contributed by atoms with Crippen molar-refractivity contribution in [2.75, 3.05) is 19.0 Å². The van der Waals surface area contributed by atoms with Gasteiger partial charge < -0.3 is 9.64 Å². The van der Waals surface area contributed by atoms with E-state index < -0.39 is 5.60 Å². The molecular weight excluding hydrogens is 384 g/mol. The van der Waals surface area contributed by atoms with E-state index in [1.165, 1.54) is 0 Å². The molecule has 0 saturated heterocycles. The van der Waals surface area contributed by atoms with Crippen molar-refractivity contribution >= 4 is 32.8 Å². The maximum absolute atomic E-state index is 9.82. The van der Waals surface area contributed by atoms with E-state index >= 15 is 0 Å². The van der Waals surface area contributed by atoms with E-state index in [1.54, 1.807) is 0 Å². The van der Waals surface area contributed by atoms with E-state index in [1.807, 2.05) is 58.3 Å². The molecule has 0 aliphatic carbocycles. The number of allylic oxidation sites excluding steroid dienone is 2. The van der Waals surface area contributed by atoms with E-state index in [0.29, 0.717) is 5.57 Å². The molecule has 0 aromatic heterocycles. The van der Waals surface area contributed by atoms with Crippen LogP contribution in [-0.4, -0.2) is 19.7 Å². The number of hydrogen-bond donors (Lipinski definition) is 0. The molecule has 0 N–H and O–H groups in total. The molecule has 0 atom stereocenters. The number of hydrogen-bond acceptors (Lipinski definition) is 5. The zero-order valence-electron chi connectivity index (χ0n) is 17.8. The SMILES string of the molecule is CN(C)c1ccc2cc3cc(C4=C(C#N)C(=C(C#N)C#N)OC4(C)C)ccc3cc2c1. The van der Waals surface area contributed by atoms with Crippen LogP contribution in [0.1, 0.15) is 19.4 Å². The smallest absolute Gasteiger partial charge is 0.172 e. The third kappa shape index (κ3) is 3.25. The van der Waals surface area contributed by atoms with Crippen molar-refractivity contribution in [2.45, 2.75) is 19.4 Å². The van der Waals surface area contributed by atoms with Gasteiger partial charge in [-0.15, -0.1) is 0 Å². The standard InChI is InChI=1S/C26H20N4O/c1-26(2)24(23(15-29)25(31-26)21(13-27)14-28)18-6-5-16-10-20-12-22(30(3)4)8-7-17(20)9-19(16)11-18/h5-12H,1-4H3. The number of rotatable bonds is 2. The van der Waals surface area contributed by atoms with Gasteiger partial charge in [0.2, 0.25) is 0 Å². The molecule has 0 amide bonds. The Morgan fingerprint density at radius 3 is 2.03 bits per heavy atom. The van der Waals surface area contributed by atoms with Gasteiger partial charge in [-0.25, -0.2) is 0 Å². The summed E-state index contributed by atoms with van der Waals surface area (Å²) in [7, 11) is 4.04. The average molecular weight is 404 g/mol. The minimum absolute atomic E-state index is 0.0577. The van der Waals surface area contributed by atoms with Crippen molar-refractivity contribution in [1.82, 2.24) is 0 Å². The molecule has 150 valence electrons. The van der Waals surface area contributed by atoms with Crippen LogP contribution < -0.4 is 4.90 Å². The molecule has 0 radical (unpaired) electrons. The lowest BCUT2D eigenvalue weighted by Gasteiger charge is -2.23. The molecule has 31 heavy (non-hydrogen) atoms. The summed E-state index contributed by atoms with van der Waals surface area (Å²) in [5.74, 6) is 0.0577. The van der Waals surface area contributed by atoms with E-state index in [2.05, 4.69) is 41.3 Å². The van der Waals surface area contributed by atoms with Gasteiger partial charge in [0.1, 0.15) is 29.4 Å². The molecule has 1 aliphatic rings. The Bertz CT molecular complexity index is 1420. The molecule has 0 unspecified atom stereocenters. The monoisotopic (exact) mass is 404 g/mol. The van der Waals surface area contributed by atoms with Gasteiger partial charge in [0, 0.05) is 25.4 Å². The van der Waals surface area contributed by atoms with Crippen molar-refractivity contribution in [3.63, 3.8) is 0 Å². The van der Waals surface area contributed by atoms with Crippen LogP contribution in [0.4, 0.5) is 5.69 Å². The first-order chi connectivity index (χ1) is 14.8. The first kappa shape index (κ1) is 20.0. The van der Waals surface area contributed by atoms with Crippen LogP contribution in [0.2, 0.25) is 0 Å². The molecule has 3 aromatic rings. The van der Waals surface area contributed by atoms with Crippen LogP contribution in [-0.2, 0) is 4.74 Å². The van der Waals surface area contributed by atoms with E-state index in [9.17, 15) is 15.8 Å². The highest BCUT2D eigenvalue weighted by molar-refractivity contribution is 6.01. The summed E-state index contributed by atoms with van der Waals surface area (Å²) < 4.78 is 5.91. The molecule has 0 saturated carbocycles. The fourth-order valence-electron chi connectivity index (χ4n) is 4.09. The van der Waals surface area contributed by atoms with Crippen LogP contribution in [0, 0.1) is 34.0 Å². The van der Waals surface area contributed by atoms with Crippen LogP contribution >= 0.6 is 0 Å². The van der Waals surface area contributed by atoms with Gasteiger partial charge >= 0.3 is 0 Å². The Balaban J connectivity index is 1.94. The molecule has 0 bridgehead atoms. The molecule has 0 fully saturated rings. The van der Waals surface area contributed by atoms with Crippen molar-refractivity contribution in [2.24, 2.45) is 0 Å². The number of anilines is 1. The van der Waals surface area contributed by atoms with Crippen molar-refractivity contribution < 1.29 is 4.74 Å². The second-order valence-corrected chi connectivity index (χ2v) is 8.24. The second kappa shape index (κ2) is 7.21. The van der Waals surface area contributed by atoms with E-state index in [-0.39, 0.29) is 16.9 Å². The third-order valence-electron chi connectivity index (χ3n) is 5.58. The number of nitrogens with zero attached hydrogens (tertiary/aromatic N) is 4. The molecule has 1 aliphatic heterocycles. The van der Waals surface area contributed by atoms with Gasteiger partial charge in [-0.1, -0.05) is 18.2 Å². The zero-order valence-corrected chi connectivity index (χ0v) is 17.8. The highest BCUT2D eigenvalue weighted by atomic mass is 16.5. The number of ether oxygens (including phenoxy) is 1. The fraction of sp³-hybridized carbons (Fsp3) is 0.192. The second-order valence-electron chi connectivity index (χ2n) is 8.24. The van der Waals surface area contributed by atoms with Gasteiger partial charge in [0.25, 0.3) is 0 Å². The molecule has 4 rings (SSSR count). The maximum atomic E-state index is 9.82. The Morgan fingerprint density at radius 1 is 0.839 bits per heavy atom. The topological polar surface area (TPSA) is 83.8 Å². The van der Waals surface area contributed by atoms with Gasteiger partial charge in [0.05, 0.1) is 0 Å². The van der Waals surface area contributed by atoms with Crippen LogP contribution in [0.25, 0.3) is 27.1 Å². The summed E-state index contributed by atoms with van der Waals surface area (Å²) in [6, 6.07) is 22.5. The lowest BCUT2D eigenvalue weighted by molar-refractivity contribution is 0.109. The molecule has 1 heterocycles. The van der Waals surface area contributed by atoms with E-state index in [0.717, 1.165) is 32.8 Å². The molecular formula is C26H20N4O. The Labute approximate surface area is 181 Å². The normalized spacial score (nSPS) is 14.7. The predicted molar refractivity (Wildman–Crippen MR) is 122 cm³/mol. The summed E-state index contributed by atoms with van der Waals surface area (Å²) >= 11 is 0. The molecule has 3 aromatic carbocycles. The average Bonchev–Trinajstić information content (AvgIpc) is 3.02. The largest absolute Gasteiger partial charge is 0.480 e. The van der Waals surface area contributed by atoms with Gasteiger partial charge in [-0.2, -0.15) is 15.8 Å². The molecule has 0 spiro atoms. The Morgan fingerprint density at radius 2 is 1.45 bits per heavy atom. The molecule has 5 heteroatoms. The van der Waals surface area contributed by atoms with Crippen molar-refractivity contribution in [3.05, 3.63) is 71.0 Å². The Hall–Kier alpha value is -4.27. The highest BCUT2D eigenvalue weighted by Gasteiger charge is 2.40. The lowest BCUT2D eigenvalue weighted by atomic mass is 9.87. The first-order valence-corrected chi connectivity index (χ1v) is 9.83. The highest BCUT2D eigenvalue weighted by Crippen LogP contribution is 2.45. The number of nitriles is 3. The quantitative estimate of drug-likeness (QED) is 0.419. The van der Waals surface area contributed by atoms with Gasteiger partial charge in [-0.05, 0) is 71.3 Å². The van der Waals surface area contributed by atoms with Crippen molar-refractivity contribution in [3.8, 4) is 18.2 Å². The zero-order chi connectivity index (χ0) is 22.3. The summed E-state index contributed by atoms with van der Waals surface area (Å²) in [5.41, 5.74) is 1.86. The summed E-state index contributed by atoms with van der Waals surface area (Å²) in [6.45, 7) is 3.68. The summed E-state index contributed by atoms with van der Waals surface area (Å²) in [5, 5.41) is 32.8. The summed E-state index contributed by atoms with van der Waals surface area (Å²) in [6.07, 6.45) is 0. The minimum atomic E-state index is -0.843. The predicted octanol–water partition coefficient (Wildman–Crippen LogP) is 5.45. The number of benzene rings is 3. The molecule has 5 nitrogen and oxygen atoms in total. The summed E-state index contributed by atoms with van der Waals surface area (Å²) in [4.78, 5) is 2.08. The van der Waals surface area contributed by atoms with Crippen LogP contribution in [0.3, 0.4) is 0 Å². The third-order valence-corrected chi connectivity index (χ3v) is 5.58. The van der Waals surface area contributed by atoms with E-state index in [4.69, 9.17) is 4.74 Å². The van der Waals surface area contributed by atoms with Crippen molar-refractivity contribution in [1.29, 1.82) is 15.8 Å². The van der Waals surface area contributed by atoms with Gasteiger partial charge in [-0.3, -0.25) is 0 Å². The van der Waals surface area contributed by atoms with Crippen LogP contribution in [0.15, 0.2) is 65.4 Å². The van der Waals surface area contributed by atoms with Gasteiger partial charge in [0.15, 0.2) is 11.3 Å². The van der Waals surface area contributed by atoms with Crippen LogP contribution in [0.5, 0.6) is 0 Å². The fourth-order valence-corrected chi connectivity index (χ4v) is 4.09. The Kier molecular flexibility index (Phi) is 4.65.